The number of carbonyl (C=O) groups excluding carboxylic acids is 3. The molecule has 0 radical (unpaired) electrons. The van der Waals surface area contributed by atoms with Gasteiger partial charge in [0.15, 0.2) is 16.1 Å². The lowest BCUT2D eigenvalue weighted by Gasteiger charge is -2.32. The first-order valence-corrected chi connectivity index (χ1v) is 14.5. The van der Waals surface area contributed by atoms with Crippen LogP contribution >= 0.6 is 22.9 Å². The maximum Gasteiger partial charge on any atom is 0.350 e. The lowest BCUT2D eigenvalue weighted by atomic mass is 9.84. The van der Waals surface area contributed by atoms with E-state index in [-0.39, 0.29) is 38.8 Å². The van der Waals surface area contributed by atoms with Gasteiger partial charge in [0.05, 0.1) is 36.0 Å². The summed E-state index contributed by atoms with van der Waals surface area (Å²) in [6, 6.07) is 19.3. The molecule has 2 aromatic heterocycles. The summed E-state index contributed by atoms with van der Waals surface area (Å²) in [6.07, 6.45) is 0. The number of amides is 2. The average molecular weight is 612 g/mol. The number of halogens is 1. The van der Waals surface area contributed by atoms with E-state index >= 15 is 4.79 Å². The Hall–Kier alpha value is -4.80. The van der Waals surface area contributed by atoms with Gasteiger partial charge in [-0.1, -0.05) is 71.0 Å². The van der Waals surface area contributed by atoms with Gasteiger partial charge >= 0.3 is 5.97 Å². The minimum Gasteiger partial charge on any atom is -0.465 e. The molecule has 7 rings (SSSR count). The number of nitrogens with zero attached hydrogens (tertiary/aromatic N) is 3. The van der Waals surface area contributed by atoms with Crippen LogP contribution in [0.5, 0.6) is 0 Å². The molecule has 0 N–H and O–H groups in total. The van der Waals surface area contributed by atoms with Crippen molar-refractivity contribution in [2.75, 3.05) is 16.9 Å². The second-order valence-corrected chi connectivity index (χ2v) is 11.8. The van der Waals surface area contributed by atoms with Crippen LogP contribution in [0.25, 0.3) is 11.0 Å². The Morgan fingerprint density at radius 2 is 1.84 bits per heavy atom. The average Bonchev–Trinajstić information content (AvgIpc) is 3.58. The molecule has 5 aromatic rings. The molecule has 11 heteroatoms. The smallest absolute Gasteiger partial charge is 0.350 e. The van der Waals surface area contributed by atoms with Crippen molar-refractivity contribution in [2.24, 2.45) is 0 Å². The Morgan fingerprint density at radius 3 is 2.60 bits per heavy atom. The molecule has 0 bridgehead atoms. The van der Waals surface area contributed by atoms with Crippen molar-refractivity contribution >= 4 is 62.5 Å². The lowest BCUT2D eigenvalue weighted by Crippen LogP contribution is -2.53. The number of fused-ring (bicyclic) bond motifs is 5. The Kier molecular flexibility index (Phi) is 6.05. The summed E-state index contributed by atoms with van der Waals surface area (Å²) in [5, 5.41) is 0.483. The molecule has 0 fully saturated rings. The maximum absolute atomic E-state index is 15.0. The molecule has 3 aromatic carbocycles. The van der Waals surface area contributed by atoms with E-state index in [0.29, 0.717) is 22.0 Å². The molecular weight excluding hydrogens is 590 g/mol. The summed E-state index contributed by atoms with van der Waals surface area (Å²) in [4.78, 5) is 63.8. The molecule has 2 aliphatic heterocycles. The Balaban J connectivity index is 1.56. The highest BCUT2D eigenvalue weighted by atomic mass is 35.5. The van der Waals surface area contributed by atoms with Gasteiger partial charge in [0.25, 0.3) is 11.8 Å². The van der Waals surface area contributed by atoms with E-state index in [9.17, 15) is 14.4 Å². The van der Waals surface area contributed by atoms with Crippen LogP contribution in [0.2, 0.25) is 5.02 Å². The molecule has 0 saturated carbocycles. The quantitative estimate of drug-likeness (QED) is 0.238. The van der Waals surface area contributed by atoms with E-state index in [0.717, 1.165) is 22.5 Å². The van der Waals surface area contributed by atoms with Gasteiger partial charge < -0.3 is 14.1 Å². The van der Waals surface area contributed by atoms with Gasteiger partial charge in [-0.05, 0) is 43.7 Å². The summed E-state index contributed by atoms with van der Waals surface area (Å²) in [7, 11) is 1.25. The van der Waals surface area contributed by atoms with Crippen molar-refractivity contribution in [3.63, 3.8) is 0 Å². The zero-order chi connectivity index (χ0) is 30.2. The Labute approximate surface area is 253 Å². The van der Waals surface area contributed by atoms with Gasteiger partial charge in [-0.15, -0.1) is 0 Å². The molecule has 214 valence electrons. The van der Waals surface area contributed by atoms with Crippen LogP contribution in [0.3, 0.4) is 0 Å². The molecule has 0 aliphatic carbocycles. The number of para-hydroxylation sites is 1. The third-order valence-electron chi connectivity index (χ3n) is 7.86. The number of methoxy groups -OCH3 is 1. The van der Waals surface area contributed by atoms with Gasteiger partial charge in [0, 0.05) is 10.6 Å². The summed E-state index contributed by atoms with van der Waals surface area (Å²) < 4.78 is 11.0. The summed E-state index contributed by atoms with van der Waals surface area (Å²) in [5.41, 5.74) is 0.672. The number of hydrogen-bond donors (Lipinski definition) is 0. The number of carbonyl (C=O) groups is 3. The largest absolute Gasteiger partial charge is 0.465 e. The number of ether oxygens (including phenoxy) is 1. The predicted molar refractivity (Wildman–Crippen MR) is 162 cm³/mol. The second kappa shape index (κ2) is 9.62. The first-order chi connectivity index (χ1) is 20.7. The van der Waals surface area contributed by atoms with Gasteiger partial charge in [0.1, 0.15) is 10.5 Å². The summed E-state index contributed by atoms with van der Waals surface area (Å²) in [5.74, 6) is -2.15. The zero-order valence-corrected chi connectivity index (χ0v) is 24.7. The van der Waals surface area contributed by atoms with Crippen LogP contribution in [-0.4, -0.2) is 29.9 Å². The fourth-order valence-electron chi connectivity index (χ4n) is 6.05. The number of rotatable bonds is 4. The van der Waals surface area contributed by atoms with Crippen LogP contribution in [0.1, 0.15) is 48.2 Å². The fraction of sp³-hybridized carbons (Fsp3) is 0.156. The van der Waals surface area contributed by atoms with Crippen LogP contribution in [-0.2, 0) is 21.6 Å². The maximum atomic E-state index is 15.0. The third-order valence-corrected chi connectivity index (χ3v) is 9.21. The molecule has 1 spiro atoms. The monoisotopic (exact) mass is 611 g/mol. The number of hydrogen-bond acceptors (Lipinski definition) is 8. The standard InChI is InChI=1S/C32H22ClN3O6S/c1-16-7-6-8-18(13-16)15-35-22-10-5-4-9-21(22)32(30(35)40)24-25(37)20-14-19(33)11-12-23(20)42-26(24)28(38)36(32)31-34-17(2)27(43-31)29(39)41-3/h4-14H,15H2,1-3H3. The van der Waals surface area contributed by atoms with Crippen LogP contribution in [0.15, 0.2) is 75.9 Å². The number of anilines is 2. The molecule has 1 unspecified atom stereocenters. The van der Waals surface area contributed by atoms with E-state index in [1.54, 1.807) is 42.2 Å². The Morgan fingerprint density at radius 1 is 1.05 bits per heavy atom. The predicted octanol–water partition coefficient (Wildman–Crippen LogP) is 5.76. The molecule has 9 nitrogen and oxygen atoms in total. The van der Waals surface area contributed by atoms with Crippen molar-refractivity contribution in [3.05, 3.63) is 121 Å². The molecule has 1 atom stereocenters. The molecule has 2 amide bonds. The van der Waals surface area contributed by atoms with Crippen molar-refractivity contribution in [2.45, 2.75) is 25.9 Å². The highest BCUT2D eigenvalue weighted by Crippen LogP contribution is 2.55. The first kappa shape index (κ1) is 27.1. The van der Waals surface area contributed by atoms with E-state index in [1.807, 2.05) is 31.2 Å². The van der Waals surface area contributed by atoms with E-state index in [4.69, 9.17) is 20.8 Å². The minimum atomic E-state index is -1.96. The SMILES string of the molecule is COC(=O)c1sc(N2C(=O)c3oc4ccc(Cl)cc4c(=O)c3C23C(=O)N(Cc2cccc(C)c2)c2ccccc23)nc1C. The van der Waals surface area contributed by atoms with Crippen molar-refractivity contribution in [3.8, 4) is 0 Å². The number of benzene rings is 3. The highest BCUT2D eigenvalue weighted by Gasteiger charge is 2.66. The third kappa shape index (κ3) is 3.73. The van der Waals surface area contributed by atoms with Gasteiger partial charge in [-0.25, -0.2) is 9.78 Å². The van der Waals surface area contributed by atoms with Gasteiger partial charge in [-0.2, -0.15) is 0 Å². The number of thiazole rings is 1. The van der Waals surface area contributed by atoms with Gasteiger partial charge in [-0.3, -0.25) is 19.3 Å². The number of aryl methyl sites for hydroxylation is 2. The fourth-order valence-corrected chi connectivity index (χ4v) is 7.25. The van der Waals surface area contributed by atoms with Crippen LogP contribution in [0, 0.1) is 13.8 Å². The summed E-state index contributed by atoms with van der Waals surface area (Å²) >= 11 is 7.17. The lowest BCUT2D eigenvalue weighted by molar-refractivity contribution is -0.121. The Bertz CT molecular complexity index is 2100. The molecular formula is C32H22ClN3O6S. The second-order valence-electron chi connectivity index (χ2n) is 10.4. The first-order valence-electron chi connectivity index (χ1n) is 13.3. The van der Waals surface area contributed by atoms with E-state index < -0.39 is 28.8 Å². The van der Waals surface area contributed by atoms with Crippen LogP contribution < -0.4 is 15.2 Å². The van der Waals surface area contributed by atoms with Crippen molar-refractivity contribution in [1.82, 2.24) is 4.98 Å². The molecule has 4 heterocycles. The molecule has 0 saturated heterocycles. The highest BCUT2D eigenvalue weighted by molar-refractivity contribution is 7.17. The van der Waals surface area contributed by atoms with E-state index in [2.05, 4.69) is 4.98 Å². The van der Waals surface area contributed by atoms with Crippen LogP contribution in [0.4, 0.5) is 10.8 Å². The van der Waals surface area contributed by atoms with E-state index in [1.165, 1.54) is 24.1 Å². The van der Waals surface area contributed by atoms with Crippen molar-refractivity contribution in [1.29, 1.82) is 0 Å². The molecule has 2 aliphatic rings. The number of aromatic nitrogens is 1. The molecule has 43 heavy (non-hydrogen) atoms. The summed E-state index contributed by atoms with van der Waals surface area (Å²) in [6.45, 7) is 3.76. The number of esters is 1. The normalized spacial score (nSPS) is 17.2. The van der Waals surface area contributed by atoms with Crippen molar-refractivity contribution < 1.29 is 23.5 Å². The minimum absolute atomic E-state index is 0.0522. The topological polar surface area (TPSA) is 110 Å². The zero-order valence-electron chi connectivity index (χ0n) is 23.1. The van der Waals surface area contributed by atoms with Gasteiger partial charge in [0.2, 0.25) is 5.76 Å².